The molecule has 3 aromatic rings. The fourth-order valence-corrected chi connectivity index (χ4v) is 5.34. The van der Waals surface area contributed by atoms with Crippen LogP contribution in [0, 0.1) is 0 Å². The second-order valence-corrected chi connectivity index (χ2v) is 9.40. The second kappa shape index (κ2) is 11.0. The lowest BCUT2D eigenvalue weighted by Crippen LogP contribution is -2.33. The van der Waals surface area contributed by atoms with Gasteiger partial charge in [0, 0.05) is 30.0 Å². The molecule has 5 nitrogen and oxygen atoms in total. The predicted octanol–water partition coefficient (Wildman–Crippen LogP) is 5.88. The molecule has 5 heteroatoms. The Balaban J connectivity index is 1.38. The summed E-state index contributed by atoms with van der Waals surface area (Å²) in [5.41, 5.74) is 3.62. The molecule has 184 valence electrons. The minimum absolute atomic E-state index is 0.152. The van der Waals surface area contributed by atoms with Crippen molar-refractivity contribution in [3.05, 3.63) is 83.4 Å². The lowest BCUT2D eigenvalue weighted by molar-refractivity contribution is 0.183. The number of benzene rings is 3. The summed E-state index contributed by atoms with van der Waals surface area (Å²) in [4.78, 5) is 2.50. The largest absolute Gasteiger partial charge is 0.497 e. The van der Waals surface area contributed by atoms with E-state index >= 15 is 0 Å². The van der Waals surface area contributed by atoms with E-state index in [-0.39, 0.29) is 11.8 Å². The van der Waals surface area contributed by atoms with E-state index in [0.717, 1.165) is 36.1 Å². The van der Waals surface area contributed by atoms with Gasteiger partial charge < -0.3 is 18.9 Å². The van der Waals surface area contributed by atoms with E-state index in [1.54, 1.807) is 14.2 Å². The highest BCUT2D eigenvalue weighted by molar-refractivity contribution is 5.51. The van der Waals surface area contributed by atoms with E-state index in [1.807, 2.05) is 24.3 Å². The first-order chi connectivity index (χ1) is 17.2. The molecule has 3 aromatic carbocycles. The summed E-state index contributed by atoms with van der Waals surface area (Å²) < 4.78 is 23.3. The molecule has 2 heterocycles. The maximum atomic E-state index is 6.24. The zero-order chi connectivity index (χ0) is 24.0. The van der Waals surface area contributed by atoms with Crippen LogP contribution in [0.25, 0.3) is 0 Å². The number of fused-ring (bicyclic) bond motifs is 1. The summed E-state index contributed by atoms with van der Waals surface area (Å²) in [5.74, 6) is 3.79. The Morgan fingerprint density at radius 1 is 0.800 bits per heavy atom. The molecule has 0 radical (unpaired) electrons. The van der Waals surface area contributed by atoms with Gasteiger partial charge in [-0.15, -0.1) is 0 Å². The van der Waals surface area contributed by atoms with Gasteiger partial charge in [-0.3, -0.25) is 4.90 Å². The minimum atomic E-state index is 0.152. The summed E-state index contributed by atoms with van der Waals surface area (Å²) in [7, 11) is 3.39. The number of piperidine rings is 1. The van der Waals surface area contributed by atoms with Crippen molar-refractivity contribution in [3.8, 4) is 23.0 Å². The number of hydrogen-bond acceptors (Lipinski definition) is 5. The Bertz CT molecular complexity index is 1110. The molecule has 1 saturated heterocycles. The van der Waals surface area contributed by atoms with Gasteiger partial charge in [0.1, 0.15) is 29.6 Å². The lowest BCUT2D eigenvalue weighted by atomic mass is 9.76. The molecule has 2 aliphatic rings. The van der Waals surface area contributed by atoms with Crippen LogP contribution in [0.2, 0.25) is 0 Å². The van der Waals surface area contributed by atoms with E-state index in [0.29, 0.717) is 6.61 Å². The van der Waals surface area contributed by atoms with Crippen molar-refractivity contribution in [2.24, 2.45) is 0 Å². The molecule has 35 heavy (non-hydrogen) atoms. The maximum Gasteiger partial charge on any atom is 0.126 e. The Hall–Kier alpha value is -3.18. The lowest BCUT2D eigenvalue weighted by Gasteiger charge is -2.35. The molecule has 0 bridgehead atoms. The number of likely N-dealkylation sites (tertiary alicyclic amines) is 1. The van der Waals surface area contributed by atoms with Crippen molar-refractivity contribution in [1.29, 1.82) is 0 Å². The van der Waals surface area contributed by atoms with Crippen LogP contribution < -0.4 is 18.9 Å². The molecular weight excluding hydrogens is 438 g/mol. The van der Waals surface area contributed by atoms with Crippen LogP contribution in [0.1, 0.15) is 47.8 Å². The van der Waals surface area contributed by atoms with Crippen molar-refractivity contribution in [2.75, 3.05) is 47.1 Å². The van der Waals surface area contributed by atoms with E-state index in [2.05, 4.69) is 47.4 Å². The molecule has 0 aliphatic carbocycles. The van der Waals surface area contributed by atoms with Crippen molar-refractivity contribution < 1.29 is 18.9 Å². The Morgan fingerprint density at radius 3 is 2.31 bits per heavy atom. The quantitative estimate of drug-likeness (QED) is 0.409. The molecule has 0 spiro atoms. The van der Waals surface area contributed by atoms with Crippen molar-refractivity contribution in [3.63, 3.8) is 0 Å². The molecule has 0 amide bonds. The van der Waals surface area contributed by atoms with Crippen molar-refractivity contribution in [1.82, 2.24) is 4.90 Å². The monoisotopic (exact) mass is 473 g/mol. The molecule has 0 N–H and O–H groups in total. The Kier molecular flexibility index (Phi) is 7.43. The second-order valence-electron chi connectivity index (χ2n) is 9.40. The minimum Gasteiger partial charge on any atom is -0.497 e. The highest BCUT2D eigenvalue weighted by Crippen LogP contribution is 2.47. The third-order valence-corrected chi connectivity index (χ3v) is 7.26. The fourth-order valence-electron chi connectivity index (χ4n) is 5.34. The average Bonchev–Trinajstić information content (AvgIpc) is 2.93. The van der Waals surface area contributed by atoms with Gasteiger partial charge in [0.05, 0.1) is 20.8 Å². The molecule has 0 aromatic heterocycles. The molecule has 2 aliphatic heterocycles. The molecule has 0 saturated carbocycles. The average molecular weight is 474 g/mol. The van der Waals surface area contributed by atoms with E-state index in [9.17, 15) is 0 Å². The zero-order valence-corrected chi connectivity index (χ0v) is 20.7. The van der Waals surface area contributed by atoms with Crippen LogP contribution in [0.3, 0.4) is 0 Å². The van der Waals surface area contributed by atoms with Crippen LogP contribution in [0.15, 0.2) is 66.7 Å². The highest BCUT2D eigenvalue weighted by atomic mass is 16.5. The van der Waals surface area contributed by atoms with E-state index in [4.69, 9.17) is 18.9 Å². The summed E-state index contributed by atoms with van der Waals surface area (Å²) in [6.07, 6.45) is 3.97. The topological polar surface area (TPSA) is 40.2 Å². The van der Waals surface area contributed by atoms with Crippen molar-refractivity contribution >= 4 is 0 Å². The van der Waals surface area contributed by atoms with Gasteiger partial charge in [-0.25, -0.2) is 0 Å². The molecule has 1 fully saturated rings. The first kappa shape index (κ1) is 23.6. The summed E-state index contributed by atoms with van der Waals surface area (Å²) in [5, 5.41) is 0. The molecule has 2 atom stereocenters. The van der Waals surface area contributed by atoms with Crippen LogP contribution >= 0.6 is 0 Å². The van der Waals surface area contributed by atoms with Gasteiger partial charge in [-0.1, -0.05) is 36.8 Å². The first-order valence-electron chi connectivity index (χ1n) is 12.6. The van der Waals surface area contributed by atoms with Gasteiger partial charge in [-0.05, 0) is 67.4 Å². The predicted molar refractivity (Wildman–Crippen MR) is 138 cm³/mol. The normalized spacial score (nSPS) is 19.9. The number of hydrogen-bond donors (Lipinski definition) is 0. The van der Waals surface area contributed by atoms with Gasteiger partial charge in [0.25, 0.3) is 0 Å². The van der Waals surface area contributed by atoms with Gasteiger partial charge in [-0.2, -0.15) is 0 Å². The number of ether oxygens (including phenoxy) is 4. The fraction of sp³-hybridized carbons (Fsp3) is 0.400. The zero-order valence-electron chi connectivity index (χ0n) is 20.7. The standard InChI is InChI=1S/C30H35NO4/c1-32-25-8-6-7-23(19-25)28-21-35-29-20-26(33-2)13-14-27(29)30(28)22-9-11-24(12-10-22)34-18-17-31-15-4-3-5-16-31/h6-14,19-20,28,30H,3-5,15-18,21H2,1-2H3/t28-,30-/m1/s1. The first-order valence-corrected chi connectivity index (χ1v) is 12.6. The van der Waals surface area contributed by atoms with E-state index in [1.165, 1.54) is 49.0 Å². The maximum absolute atomic E-state index is 6.24. The van der Waals surface area contributed by atoms with Crippen LogP contribution in [0.4, 0.5) is 0 Å². The molecular formula is C30H35NO4. The highest BCUT2D eigenvalue weighted by Gasteiger charge is 2.34. The van der Waals surface area contributed by atoms with Crippen LogP contribution in [-0.2, 0) is 0 Å². The van der Waals surface area contributed by atoms with Gasteiger partial charge >= 0.3 is 0 Å². The number of methoxy groups -OCH3 is 2. The van der Waals surface area contributed by atoms with Crippen LogP contribution in [0.5, 0.6) is 23.0 Å². The SMILES string of the molecule is COc1cccc([C@H]2COc3cc(OC)ccc3[C@H]2c2ccc(OCCN3CCCCC3)cc2)c1. The summed E-state index contributed by atoms with van der Waals surface area (Å²) in [6, 6.07) is 23.1. The summed E-state index contributed by atoms with van der Waals surface area (Å²) in [6.45, 7) is 4.70. The number of nitrogens with zero attached hydrogens (tertiary/aromatic N) is 1. The van der Waals surface area contributed by atoms with E-state index < -0.39 is 0 Å². The Morgan fingerprint density at radius 2 is 1.54 bits per heavy atom. The third kappa shape index (κ3) is 5.40. The smallest absolute Gasteiger partial charge is 0.126 e. The molecule has 5 rings (SSSR count). The Labute approximate surface area is 208 Å². The third-order valence-electron chi connectivity index (χ3n) is 7.26. The number of rotatable bonds is 8. The molecule has 0 unspecified atom stereocenters. The van der Waals surface area contributed by atoms with Gasteiger partial charge in [0.2, 0.25) is 0 Å². The van der Waals surface area contributed by atoms with Crippen molar-refractivity contribution in [2.45, 2.75) is 31.1 Å². The summed E-state index contributed by atoms with van der Waals surface area (Å²) >= 11 is 0. The van der Waals surface area contributed by atoms with Gasteiger partial charge in [0.15, 0.2) is 0 Å². The van der Waals surface area contributed by atoms with Crippen LogP contribution in [-0.4, -0.2) is 52.0 Å².